The molecule has 0 aromatic carbocycles. The van der Waals surface area contributed by atoms with Crippen molar-refractivity contribution in [2.45, 2.75) is 71.1 Å². The Morgan fingerprint density at radius 2 is 1.00 bits per heavy atom. The van der Waals surface area contributed by atoms with Gasteiger partial charge in [-0.2, -0.15) is 0 Å². The molecular formula is C12H27P. The summed E-state index contributed by atoms with van der Waals surface area (Å²) in [5, 5.41) is 0. The molecule has 0 fully saturated rings. The van der Waals surface area contributed by atoms with Crippen molar-refractivity contribution in [3.8, 4) is 0 Å². The Balaban J connectivity index is 2.76. The molecule has 0 heterocycles. The molecule has 0 nitrogen and oxygen atoms in total. The van der Waals surface area contributed by atoms with Crippen LogP contribution in [0.4, 0.5) is 0 Å². The number of hydrogen-bond donors (Lipinski definition) is 0. The first-order chi connectivity index (χ1) is 6.41. The normalized spacial score (nSPS) is 10.6. The van der Waals surface area contributed by atoms with Gasteiger partial charge in [0.05, 0.1) is 0 Å². The van der Waals surface area contributed by atoms with E-state index in [0.717, 1.165) is 0 Å². The predicted molar refractivity (Wildman–Crippen MR) is 66.4 cm³/mol. The van der Waals surface area contributed by atoms with Crippen LogP contribution in [0, 0.1) is 0 Å². The third-order valence-corrected chi connectivity index (χ3v) is 2.97. The molecule has 1 unspecified atom stereocenters. The monoisotopic (exact) mass is 202 g/mol. The summed E-state index contributed by atoms with van der Waals surface area (Å²) in [5.41, 5.74) is 0. The van der Waals surface area contributed by atoms with Crippen LogP contribution >= 0.6 is 9.24 Å². The fourth-order valence-electron chi connectivity index (χ4n) is 1.63. The summed E-state index contributed by atoms with van der Waals surface area (Å²) in [4.78, 5) is 0. The first kappa shape index (κ1) is 13.4. The molecule has 0 aliphatic carbocycles. The maximum atomic E-state index is 2.81. The van der Waals surface area contributed by atoms with Crippen LogP contribution in [-0.2, 0) is 0 Å². The van der Waals surface area contributed by atoms with Crippen molar-refractivity contribution < 1.29 is 0 Å². The Hall–Kier alpha value is 0.430. The van der Waals surface area contributed by atoms with Crippen LogP contribution < -0.4 is 0 Å². The molecule has 0 radical (unpaired) electrons. The molecule has 0 amide bonds. The van der Waals surface area contributed by atoms with Crippen molar-refractivity contribution in [3.05, 3.63) is 0 Å². The van der Waals surface area contributed by atoms with E-state index in [1.54, 1.807) is 0 Å². The Bertz CT molecular complexity index is 71.2. The summed E-state index contributed by atoms with van der Waals surface area (Å²) in [6.07, 6.45) is 15.7. The Morgan fingerprint density at radius 1 is 0.615 bits per heavy atom. The Kier molecular flexibility index (Phi) is 12.8. The highest BCUT2D eigenvalue weighted by molar-refractivity contribution is 7.16. The van der Waals surface area contributed by atoms with Crippen molar-refractivity contribution in [1.29, 1.82) is 0 Å². The second kappa shape index (κ2) is 12.4. The molecule has 0 saturated carbocycles. The highest BCUT2D eigenvalue weighted by atomic mass is 31.0. The van der Waals surface area contributed by atoms with Crippen LogP contribution in [0.2, 0.25) is 0 Å². The second-order valence-electron chi connectivity index (χ2n) is 3.97. The van der Waals surface area contributed by atoms with Gasteiger partial charge in [0, 0.05) is 0 Å². The van der Waals surface area contributed by atoms with E-state index in [9.17, 15) is 0 Å². The molecule has 0 aromatic heterocycles. The van der Waals surface area contributed by atoms with Crippen LogP contribution in [0.5, 0.6) is 0 Å². The summed E-state index contributed by atoms with van der Waals surface area (Å²) in [5.74, 6) is 0. The van der Waals surface area contributed by atoms with Gasteiger partial charge in [0.2, 0.25) is 0 Å². The van der Waals surface area contributed by atoms with E-state index < -0.39 is 0 Å². The zero-order chi connectivity index (χ0) is 9.78. The molecule has 80 valence electrons. The fourth-order valence-corrected chi connectivity index (χ4v) is 1.92. The summed E-state index contributed by atoms with van der Waals surface area (Å²) in [6.45, 7) is 2.28. The maximum Gasteiger partial charge on any atom is -0.0381 e. The van der Waals surface area contributed by atoms with Gasteiger partial charge in [-0.3, -0.25) is 0 Å². The van der Waals surface area contributed by atoms with Crippen LogP contribution in [0.3, 0.4) is 0 Å². The number of unbranched alkanes of at least 4 members (excludes halogenated alkanes) is 9. The SMILES string of the molecule is CCCCCCCCCCCCP. The summed E-state index contributed by atoms with van der Waals surface area (Å²) >= 11 is 0. The van der Waals surface area contributed by atoms with Gasteiger partial charge in [0.15, 0.2) is 0 Å². The van der Waals surface area contributed by atoms with Crippen molar-refractivity contribution >= 4 is 9.24 Å². The zero-order valence-corrected chi connectivity index (χ0v) is 10.5. The molecule has 1 heteroatoms. The Labute approximate surface area is 87.1 Å². The fraction of sp³-hybridized carbons (Fsp3) is 1.00. The summed E-state index contributed by atoms with van der Waals surface area (Å²) < 4.78 is 0. The van der Waals surface area contributed by atoms with Gasteiger partial charge in [-0.1, -0.05) is 64.7 Å². The van der Waals surface area contributed by atoms with E-state index in [1.807, 2.05) is 0 Å². The minimum atomic E-state index is 1.29. The molecule has 0 bridgehead atoms. The van der Waals surface area contributed by atoms with Gasteiger partial charge in [-0.15, -0.1) is 9.24 Å². The quantitative estimate of drug-likeness (QED) is 0.353. The van der Waals surface area contributed by atoms with Crippen molar-refractivity contribution in [3.63, 3.8) is 0 Å². The minimum Gasteiger partial charge on any atom is -0.138 e. The van der Waals surface area contributed by atoms with Crippen molar-refractivity contribution in [2.24, 2.45) is 0 Å². The van der Waals surface area contributed by atoms with Gasteiger partial charge < -0.3 is 0 Å². The molecule has 0 aliphatic rings. The van der Waals surface area contributed by atoms with E-state index in [4.69, 9.17) is 0 Å². The lowest BCUT2D eigenvalue weighted by Gasteiger charge is -2.00. The van der Waals surface area contributed by atoms with Gasteiger partial charge in [-0.25, -0.2) is 0 Å². The standard InChI is InChI=1S/C12H27P/c1-2-3-4-5-6-7-8-9-10-11-12-13/h2-13H2,1H3. The molecular weight excluding hydrogens is 175 g/mol. The van der Waals surface area contributed by atoms with Crippen LogP contribution in [-0.4, -0.2) is 6.16 Å². The van der Waals surface area contributed by atoms with E-state index in [1.165, 1.54) is 70.4 Å². The molecule has 0 N–H and O–H groups in total. The maximum absolute atomic E-state index is 2.81. The van der Waals surface area contributed by atoms with Crippen LogP contribution in [0.25, 0.3) is 0 Å². The molecule has 0 aliphatic heterocycles. The van der Waals surface area contributed by atoms with E-state index >= 15 is 0 Å². The number of rotatable bonds is 10. The van der Waals surface area contributed by atoms with Gasteiger partial charge >= 0.3 is 0 Å². The average molecular weight is 202 g/mol. The average Bonchev–Trinajstić information content (AvgIpc) is 2.16. The molecule has 0 saturated heterocycles. The molecule has 13 heavy (non-hydrogen) atoms. The Morgan fingerprint density at radius 3 is 1.38 bits per heavy atom. The summed E-state index contributed by atoms with van der Waals surface area (Å²) in [7, 11) is 2.81. The summed E-state index contributed by atoms with van der Waals surface area (Å²) in [6, 6.07) is 0. The molecule has 0 spiro atoms. The zero-order valence-electron chi connectivity index (χ0n) is 9.36. The number of hydrogen-bond acceptors (Lipinski definition) is 0. The van der Waals surface area contributed by atoms with Crippen LogP contribution in [0.15, 0.2) is 0 Å². The molecule has 0 aromatic rings. The largest absolute Gasteiger partial charge is 0.138 e. The van der Waals surface area contributed by atoms with E-state index in [-0.39, 0.29) is 0 Å². The highest BCUT2D eigenvalue weighted by Crippen LogP contribution is 2.10. The third kappa shape index (κ3) is 12.4. The first-order valence-electron chi connectivity index (χ1n) is 6.12. The topological polar surface area (TPSA) is 0 Å². The second-order valence-corrected chi connectivity index (χ2v) is 4.55. The minimum absolute atomic E-state index is 1.29. The van der Waals surface area contributed by atoms with Crippen LogP contribution in [0.1, 0.15) is 71.1 Å². The smallest absolute Gasteiger partial charge is 0.0381 e. The lowest BCUT2D eigenvalue weighted by molar-refractivity contribution is 0.563. The lowest BCUT2D eigenvalue weighted by atomic mass is 10.1. The van der Waals surface area contributed by atoms with Gasteiger partial charge in [-0.05, 0) is 12.6 Å². The molecule has 0 rings (SSSR count). The third-order valence-electron chi connectivity index (χ3n) is 2.56. The molecule has 1 atom stereocenters. The van der Waals surface area contributed by atoms with Gasteiger partial charge in [0.1, 0.15) is 0 Å². The van der Waals surface area contributed by atoms with Gasteiger partial charge in [0.25, 0.3) is 0 Å². The first-order valence-corrected chi connectivity index (χ1v) is 6.93. The predicted octanol–water partition coefficient (Wildman–Crippen LogP) is 4.78. The highest BCUT2D eigenvalue weighted by Gasteiger charge is 1.90. The van der Waals surface area contributed by atoms with Crippen molar-refractivity contribution in [1.82, 2.24) is 0 Å². The lowest BCUT2D eigenvalue weighted by Crippen LogP contribution is -1.81. The van der Waals surface area contributed by atoms with E-state index in [2.05, 4.69) is 16.2 Å². The van der Waals surface area contributed by atoms with Crippen molar-refractivity contribution in [2.75, 3.05) is 6.16 Å². The van der Waals surface area contributed by atoms with E-state index in [0.29, 0.717) is 0 Å².